The number of nitro groups is 1. The van der Waals surface area contributed by atoms with Gasteiger partial charge in [0.2, 0.25) is 11.1 Å². The molecule has 1 amide bonds. The SMILES string of the molecule is CC1=C(C(=O)Nc2cccc(C)c2C)C(c2ccccc2[N+](=O)[O-])n2nc(SCc3ccccc3Cl)nc2N1. The standard InChI is InChI=1S/C28H25ClN6O3S/c1-16-9-8-13-22(17(16)2)31-26(36)24-18(3)30-27-32-28(39-15-19-10-4-6-12-21(19)29)33-34(27)25(24)20-11-5-7-14-23(20)35(37)38/h4-14,25H,15H2,1-3H3,(H,31,36)(H,30,32,33). The topological polar surface area (TPSA) is 115 Å². The number of nitrogens with one attached hydrogen (secondary N) is 2. The molecule has 3 aromatic carbocycles. The van der Waals surface area contributed by atoms with E-state index in [9.17, 15) is 14.9 Å². The van der Waals surface area contributed by atoms with Crippen LogP contribution in [0.1, 0.15) is 35.2 Å². The largest absolute Gasteiger partial charge is 0.328 e. The van der Waals surface area contributed by atoms with Crippen molar-refractivity contribution < 1.29 is 9.72 Å². The molecular weight excluding hydrogens is 536 g/mol. The number of thioether (sulfide) groups is 1. The second-order valence-corrected chi connectivity index (χ2v) is 10.5. The lowest BCUT2D eigenvalue weighted by Crippen LogP contribution is -2.32. The van der Waals surface area contributed by atoms with Crippen LogP contribution in [0.3, 0.4) is 0 Å². The third-order valence-corrected chi connectivity index (χ3v) is 7.93. The summed E-state index contributed by atoms with van der Waals surface area (Å²) in [5.41, 5.74) is 4.65. The lowest BCUT2D eigenvalue weighted by molar-refractivity contribution is -0.385. The average molecular weight is 561 g/mol. The maximum Gasteiger partial charge on any atom is 0.275 e. The molecule has 0 spiro atoms. The number of nitrogens with zero attached hydrogens (tertiary/aromatic N) is 4. The molecule has 9 nitrogen and oxygen atoms in total. The molecule has 0 saturated heterocycles. The van der Waals surface area contributed by atoms with Gasteiger partial charge in [-0.1, -0.05) is 65.8 Å². The van der Waals surface area contributed by atoms with Crippen molar-refractivity contribution in [3.05, 3.63) is 115 Å². The summed E-state index contributed by atoms with van der Waals surface area (Å²) in [6.07, 6.45) is 0. The number of allylic oxidation sites excluding steroid dienone is 1. The van der Waals surface area contributed by atoms with Crippen LogP contribution in [0.25, 0.3) is 0 Å². The van der Waals surface area contributed by atoms with E-state index in [4.69, 9.17) is 11.6 Å². The molecule has 0 radical (unpaired) electrons. The fraction of sp³-hybridized carbons (Fsp3) is 0.179. The van der Waals surface area contributed by atoms with Gasteiger partial charge in [-0.25, -0.2) is 4.68 Å². The number of halogens is 1. The van der Waals surface area contributed by atoms with E-state index >= 15 is 0 Å². The lowest BCUT2D eigenvalue weighted by Gasteiger charge is -2.28. The van der Waals surface area contributed by atoms with Crippen molar-refractivity contribution >= 4 is 46.6 Å². The zero-order chi connectivity index (χ0) is 27.7. The minimum Gasteiger partial charge on any atom is -0.328 e. The van der Waals surface area contributed by atoms with Gasteiger partial charge in [-0.3, -0.25) is 14.9 Å². The van der Waals surface area contributed by atoms with E-state index in [1.807, 2.05) is 56.3 Å². The maximum absolute atomic E-state index is 13.8. The number of fused-ring (bicyclic) bond motifs is 1. The first-order valence-corrected chi connectivity index (χ1v) is 13.5. The van der Waals surface area contributed by atoms with E-state index in [-0.39, 0.29) is 11.6 Å². The number of benzene rings is 3. The molecule has 1 unspecified atom stereocenters. The monoisotopic (exact) mass is 560 g/mol. The Balaban J connectivity index is 1.56. The van der Waals surface area contributed by atoms with Gasteiger partial charge in [0.25, 0.3) is 11.6 Å². The van der Waals surface area contributed by atoms with Gasteiger partial charge in [0.15, 0.2) is 0 Å². The highest BCUT2D eigenvalue weighted by atomic mass is 35.5. The van der Waals surface area contributed by atoms with Gasteiger partial charge in [0, 0.05) is 28.2 Å². The summed E-state index contributed by atoms with van der Waals surface area (Å²) < 4.78 is 1.54. The number of aryl methyl sites for hydroxylation is 1. The third kappa shape index (κ3) is 5.25. The van der Waals surface area contributed by atoms with Crippen LogP contribution >= 0.6 is 23.4 Å². The predicted octanol–water partition coefficient (Wildman–Crippen LogP) is 6.68. The zero-order valence-corrected chi connectivity index (χ0v) is 23.0. The van der Waals surface area contributed by atoms with E-state index < -0.39 is 11.0 Å². The number of rotatable bonds is 7. The second kappa shape index (κ2) is 10.9. The van der Waals surface area contributed by atoms with E-state index in [2.05, 4.69) is 20.7 Å². The van der Waals surface area contributed by atoms with E-state index in [0.29, 0.717) is 44.4 Å². The van der Waals surface area contributed by atoms with Gasteiger partial charge < -0.3 is 10.6 Å². The summed E-state index contributed by atoms with van der Waals surface area (Å²) in [7, 11) is 0. The molecule has 1 aliphatic heterocycles. The van der Waals surface area contributed by atoms with Crippen LogP contribution in [0.2, 0.25) is 5.02 Å². The Labute approximate surface area is 234 Å². The number of anilines is 2. The van der Waals surface area contributed by atoms with Gasteiger partial charge in [0.05, 0.1) is 16.1 Å². The molecule has 11 heteroatoms. The van der Waals surface area contributed by atoms with Crippen molar-refractivity contribution in [2.45, 2.75) is 37.7 Å². The van der Waals surface area contributed by atoms with Gasteiger partial charge in [-0.15, -0.1) is 5.10 Å². The number of carbonyl (C=O) groups is 1. The highest BCUT2D eigenvalue weighted by molar-refractivity contribution is 7.98. The van der Waals surface area contributed by atoms with Crippen LogP contribution in [-0.2, 0) is 10.5 Å². The van der Waals surface area contributed by atoms with Gasteiger partial charge >= 0.3 is 0 Å². The van der Waals surface area contributed by atoms with Gasteiger partial charge in [-0.05, 0) is 55.7 Å². The van der Waals surface area contributed by atoms with Crippen LogP contribution in [-0.4, -0.2) is 25.6 Å². The van der Waals surface area contributed by atoms with Crippen molar-refractivity contribution in [1.82, 2.24) is 14.8 Å². The number of amides is 1. The Bertz CT molecular complexity index is 1630. The lowest BCUT2D eigenvalue weighted by atomic mass is 9.93. The van der Waals surface area contributed by atoms with Crippen molar-refractivity contribution in [3.63, 3.8) is 0 Å². The van der Waals surface area contributed by atoms with Crippen LogP contribution in [0.15, 0.2) is 83.2 Å². The predicted molar refractivity (Wildman–Crippen MR) is 153 cm³/mol. The van der Waals surface area contributed by atoms with Gasteiger partial charge in [-0.2, -0.15) is 4.98 Å². The quantitative estimate of drug-likeness (QED) is 0.147. The normalized spacial score (nSPS) is 14.5. The number of aromatic nitrogens is 3. The second-order valence-electron chi connectivity index (χ2n) is 9.13. The summed E-state index contributed by atoms with van der Waals surface area (Å²) in [5.74, 6) is 0.537. The smallest absolute Gasteiger partial charge is 0.275 e. The summed E-state index contributed by atoms with van der Waals surface area (Å²) in [5, 5.41) is 24.0. The van der Waals surface area contributed by atoms with Crippen LogP contribution in [0.4, 0.5) is 17.3 Å². The zero-order valence-electron chi connectivity index (χ0n) is 21.4. The molecule has 4 aromatic rings. The number of hydrogen-bond donors (Lipinski definition) is 2. The summed E-state index contributed by atoms with van der Waals surface area (Å²) in [6.45, 7) is 5.66. The molecule has 39 heavy (non-hydrogen) atoms. The molecule has 198 valence electrons. The summed E-state index contributed by atoms with van der Waals surface area (Å²) >= 11 is 7.70. The van der Waals surface area contributed by atoms with E-state index in [0.717, 1.165) is 16.7 Å². The fourth-order valence-corrected chi connectivity index (χ4v) is 5.61. The average Bonchev–Trinajstić information content (AvgIpc) is 3.32. The Kier molecular flexibility index (Phi) is 7.40. The molecule has 0 saturated carbocycles. The maximum atomic E-state index is 13.8. The molecular formula is C28H25ClN6O3S. The van der Waals surface area contributed by atoms with E-state index in [1.165, 1.54) is 17.8 Å². The molecule has 1 atom stereocenters. The number of hydrogen-bond acceptors (Lipinski definition) is 7. The van der Waals surface area contributed by atoms with Gasteiger partial charge in [0.1, 0.15) is 6.04 Å². The first kappa shape index (κ1) is 26.5. The number of para-hydroxylation sites is 1. The highest BCUT2D eigenvalue weighted by Crippen LogP contribution is 2.40. The first-order chi connectivity index (χ1) is 18.7. The molecule has 1 aliphatic rings. The number of carbonyl (C=O) groups excluding carboxylic acids is 1. The first-order valence-electron chi connectivity index (χ1n) is 12.2. The summed E-state index contributed by atoms with van der Waals surface area (Å²) in [4.78, 5) is 30.0. The Morgan fingerprint density at radius 1 is 1.10 bits per heavy atom. The Hall–Kier alpha value is -4.15. The van der Waals surface area contributed by atoms with Crippen molar-refractivity contribution in [1.29, 1.82) is 0 Å². The molecule has 2 heterocycles. The third-order valence-electron chi connectivity index (χ3n) is 6.67. The molecule has 0 fully saturated rings. The van der Waals surface area contributed by atoms with E-state index in [1.54, 1.807) is 29.8 Å². The minimum atomic E-state index is -0.880. The Morgan fingerprint density at radius 3 is 2.62 bits per heavy atom. The van der Waals surface area contributed by atoms with Crippen LogP contribution in [0, 0.1) is 24.0 Å². The highest BCUT2D eigenvalue weighted by Gasteiger charge is 2.38. The molecule has 0 aliphatic carbocycles. The molecule has 5 rings (SSSR count). The summed E-state index contributed by atoms with van der Waals surface area (Å²) in [6, 6.07) is 18.7. The van der Waals surface area contributed by atoms with Crippen LogP contribution in [0.5, 0.6) is 0 Å². The Morgan fingerprint density at radius 2 is 1.85 bits per heavy atom. The van der Waals surface area contributed by atoms with Crippen molar-refractivity contribution in [2.24, 2.45) is 0 Å². The molecule has 0 bridgehead atoms. The van der Waals surface area contributed by atoms with Crippen LogP contribution < -0.4 is 10.6 Å². The van der Waals surface area contributed by atoms with Crippen molar-refractivity contribution in [3.8, 4) is 0 Å². The minimum absolute atomic E-state index is 0.110. The molecule has 2 N–H and O–H groups in total. The number of nitro benzene ring substituents is 1. The molecule has 1 aromatic heterocycles. The fourth-order valence-electron chi connectivity index (χ4n) is 4.49. The van der Waals surface area contributed by atoms with Crippen molar-refractivity contribution in [2.75, 3.05) is 10.6 Å².